The number of anilines is 1. The molecule has 1 aliphatic rings. The van der Waals surface area contributed by atoms with Crippen LogP contribution in [0.2, 0.25) is 0 Å². The summed E-state index contributed by atoms with van der Waals surface area (Å²) in [5.74, 6) is -0.778. The lowest BCUT2D eigenvalue weighted by atomic mass is 10.1. The van der Waals surface area contributed by atoms with Crippen molar-refractivity contribution in [3.05, 3.63) is 29.1 Å². The first-order valence-electron chi connectivity index (χ1n) is 4.25. The molecular weight excluding hydrogens is 217 g/mol. The number of hydrogen-bond acceptors (Lipinski definition) is 2. The Labute approximate surface area is 90.6 Å². The van der Waals surface area contributed by atoms with Gasteiger partial charge in [-0.15, -0.1) is 0 Å². The molecule has 0 unspecified atom stereocenters. The van der Waals surface area contributed by atoms with E-state index in [9.17, 15) is 9.18 Å². The molecule has 0 atom stereocenters. The van der Waals surface area contributed by atoms with E-state index in [1.54, 1.807) is 0 Å². The molecule has 2 rings (SSSR count). The monoisotopic (exact) mass is 225 g/mol. The van der Waals surface area contributed by atoms with E-state index in [0.717, 1.165) is 0 Å². The largest absolute Gasteiger partial charge is 0.376 e. The minimum atomic E-state index is -0.496. The summed E-state index contributed by atoms with van der Waals surface area (Å²) in [6.45, 7) is 0.361. The maximum atomic E-state index is 13.1. The topological polar surface area (TPSA) is 67.2 Å². The highest BCUT2D eigenvalue weighted by molar-refractivity contribution is 7.80. The van der Waals surface area contributed by atoms with Crippen LogP contribution < -0.4 is 16.4 Å². The second-order valence-corrected chi connectivity index (χ2v) is 3.59. The van der Waals surface area contributed by atoms with Gasteiger partial charge in [-0.3, -0.25) is 4.79 Å². The molecule has 1 amide bonds. The lowest BCUT2D eigenvalue weighted by molar-refractivity contribution is 0.0965. The van der Waals surface area contributed by atoms with Gasteiger partial charge in [0.15, 0.2) is 5.11 Å². The van der Waals surface area contributed by atoms with E-state index in [0.29, 0.717) is 23.4 Å². The molecule has 1 aromatic rings. The standard InChI is InChI=1S/C9H8FN3OS/c10-4-1-5-6(3-12-8(5)14)7(2-4)13-9(11)15/h1-2H,3H2,(H,12,14)(H3,11,13,15). The van der Waals surface area contributed by atoms with Crippen LogP contribution in [0.1, 0.15) is 15.9 Å². The second-order valence-electron chi connectivity index (χ2n) is 3.15. The van der Waals surface area contributed by atoms with Crippen molar-refractivity contribution >= 4 is 28.9 Å². The number of fused-ring (bicyclic) bond motifs is 1. The van der Waals surface area contributed by atoms with E-state index >= 15 is 0 Å². The first-order chi connectivity index (χ1) is 7.08. The summed E-state index contributed by atoms with van der Waals surface area (Å²) in [7, 11) is 0. The molecule has 4 N–H and O–H groups in total. The lowest BCUT2D eigenvalue weighted by Gasteiger charge is -2.08. The van der Waals surface area contributed by atoms with E-state index < -0.39 is 5.82 Å². The average Bonchev–Trinajstić information content (AvgIpc) is 2.47. The number of hydrogen-bond donors (Lipinski definition) is 3. The SMILES string of the molecule is NC(=S)Nc1cc(F)cc2c1CNC2=O. The minimum absolute atomic E-state index is 0.0437. The van der Waals surface area contributed by atoms with Gasteiger partial charge in [-0.05, 0) is 24.4 Å². The number of halogens is 1. The molecule has 0 saturated heterocycles. The minimum Gasteiger partial charge on any atom is -0.376 e. The second kappa shape index (κ2) is 3.47. The van der Waals surface area contributed by atoms with Crippen LogP contribution in [0.15, 0.2) is 12.1 Å². The predicted octanol–water partition coefficient (Wildman–Crippen LogP) is 0.725. The Balaban J connectivity index is 2.51. The molecule has 0 radical (unpaired) electrons. The van der Waals surface area contributed by atoms with Gasteiger partial charge in [0.2, 0.25) is 0 Å². The molecule has 78 valence electrons. The third-order valence-electron chi connectivity index (χ3n) is 2.14. The number of carbonyl (C=O) groups excluding carboxylic acids is 1. The van der Waals surface area contributed by atoms with Crippen LogP contribution in [-0.2, 0) is 6.54 Å². The molecule has 0 aliphatic carbocycles. The summed E-state index contributed by atoms with van der Waals surface area (Å²) in [5.41, 5.74) is 6.75. The zero-order valence-corrected chi connectivity index (χ0v) is 8.45. The first kappa shape index (κ1) is 9.85. The van der Waals surface area contributed by atoms with Gasteiger partial charge in [-0.2, -0.15) is 0 Å². The fraction of sp³-hybridized carbons (Fsp3) is 0.111. The fourth-order valence-corrected chi connectivity index (χ4v) is 1.65. The molecule has 0 bridgehead atoms. The Hall–Kier alpha value is -1.69. The quantitative estimate of drug-likeness (QED) is 0.616. The predicted molar refractivity (Wildman–Crippen MR) is 58.0 cm³/mol. The van der Waals surface area contributed by atoms with Gasteiger partial charge in [0, 0.05) is 23.4 Å². The van der Waals surface area contributed by atoms with E-state index in [4.69, 9.17) is 5.73 Å². The Morgan fingerprint density at radius 1 is 1.60 bits per heavy atom. The number of thiocarbonyl (C=S) groups is 1. The van der Waals surface area contributed by atoms with Crippen molar-refractivity contribution in [2.75, 3.05) is 5.32 Å². The number of rotatable bonds is 1. The highest BCUT2D eigenvalue weighted by atomic mass is 32.1. The number of carbonyl (C=O) groups is 1. The maximum absolute atomic E-state index is 13.1. The lowest BCUT2D eigenvalue weighted by Crippen LogP contribution is -2.20. The van der Waals surface area contributed by atoms with Crippen LogP contribution in [0.25, 0.3) is 0 Å². The maximum Gasteiger partial charge on any atom is 0.252 e. The Kier molecular flexibility index (Phi) is 2.28. The molecular formula is C9H8FN3OS. The number of nitrogens with one attached hydrogen (secondary N) is 2. The molecule has 15 heavy (non-hydrogen) atoms. The molecule has 0 spiro atoms. The van der Waals surface area contributed by atoms with Crippen molar-refractivity contribution < 1.29 is 9.18 Å². The highest BCUT2D eigenvalue weighted by Gasteiger charge is 2.23. The molecule has 0 aromatic heterocycles. The summed E-state index contributed by atoms with van der Waals surface area (Å²) < 4.78 is 13.1. The van der Waals surface area contributed by atoms with Crippen molar-refractivity contribution in [1.82, 2.24) is 5.32 Å². The van der Waals surface area contributed by atoms with Crippen molar-refractivity contribution in [2.24, 2.45) is 5.73 Å². The van der Waals surface area contributed by atoms with E-state index in [-0.39, 0.29) is 11.0 Å². The molecule has 4 nitrogen and oxygen atoms in total. The zero-order chi connectivity index (χ0) is 11.0. The molecule has 1 aromatic carbocycles. The number of benzene rings is 1. The molecule has 1 aliphatic heterocycles. The Morgan fingerprint density at radius 3 is 3.00 bits per heavy atom. The first-order valence-corrected chi connectivity index (χ1v) is 4.66. The number of nitrogens with two attached hydrogens (primary N) is 1. The smallest absolute Gasteiger partial charge is 0.252 e. The van der Waals surface area contributed by atoms with Gasteiger partial charge < -0.3 is 16.4 Å². The average molecular weight is 225 g/mol. The van der Waals surface area contributed by atoms with Crippen molar-refractivity contribution in [2.45, 2.75) is 6.54 Å². The third kappa shape index (κ3) is 1.75. The van der Waals surface area contributed by atoms with Gasteiger partial charge in [0.05, 0.1) is 0 Å². The normalized spacial score (nSPS) is 13.3. The Morgan fingerprint density at radius 2 is 2.33 bits per heavy atom. The summed E-state index contributed by atoms with van der Waals surface area (Å²) in [4.78, 5) is 11.3. The molecule has 0 saturated carbocycles. The number of amides is 1. The van der Waals surface area contributed by atoms with Crippen molar-refractivity contribution in [1.29, 1.82) is 0 Å². The molecule has 6 heteroatoms. The van der Waals surface area contributed by atoms with Crippen LogP contribution in [-0.4, -0.2) is 11.0 Å². The zero-order valence-electron chi connectivity index (χ0n) is 7.63. The van der Waals surface area contributed by atoms with E-state index in [1.165, 1.54) is 12.1 Å². The van der Waals surface area contributed by atoms with Crippen LogP contribution >= 0.6 is 12.2 Å². The summed E-state index contributed by atoms with van der Waals surface area (Å²) >= 11 is 4.66. The highest BCUT2D eigenvalue weighted by Crippen LogP contribution is 2.25. The van der Waals surface area contributed by atoms with E-state index in [1.807, 2.05) is 0 Å². The summed E-state index contributed by atoms with van der Waals surface area (Å²) in [6, 6.07) is 2.46. The van der Waals surface area contributed by atoms with Crippen LogP contribution in [0, 0.1) is 5.82 Å². The van der Waals surface area contributed by atoms with Crippen LogP contribution in [0.4, 0.5) is 10.1 Å². The van der Waals surface area contributed by atoms with Crippen LogP contribution in [0.5, 0.6) is 0 Å². The van der Waals surface area contributed by atoms with Crippen molar-refractivity contribution in [3.63, 3.8) is 0 Å². The van der Waals surface area contributed by atoms with E-state index in [2.05, 4.69) is 22.9 Å². The third-order valence-corrected chi connectivity index (χ3v) is 2.24. The van der Waals surface area contributed by atoms with Gasteiger partial charge in [0.25, 0.3) is 5.91 Å². The Bertz CT molecular complexity index is 461. The van der Waals surface area contributed by atoms with Gasteiger partial charge in [-0.1, -0.05) is 0 Å². The van der Waals surface area contributed by atoms with Gasteiger partial charge in [0.1, 0.15) is 5.82 Å². The summed E-state index contributed by atoms with van der Waals surface area (Å²) in [5, 5.41) is 5.28. The fourth-order valence-electron chi connectivity index (χ4n) is 1.54. The van der Waals surface area contributed by atoms with Gasteiger partial charge >= 0.3 is 0 Å². The van der Waals surface area contributed by atoms with Crippen molar-refractivity contribution in [3.8, 4) is 0 Å². The van der Waals surface area contributed by atoms with Gasteiger partial charge in [-0.25, -0.2) is 4.39 Å². The molecule has 0 fully saturated rings. The van der Waals surface area contributed by atoms with Crippen LogP contribution in [0.3, 0.4) is 0 Å². The molecule has 1 heterocycles. The summed E-state index contributed by atoms with van der Waals surface area (Å²) in [6.07, 6.45) is 0.